The van der Waals surface area contributed by atoms with E-state index < -0.39 is 6.04 Å². The molecule has 27 heavy (non-hydrogen) atoms. The fourth-order valence-electron chi connectivity index (χ4n) is 2.72. The number of likely N-dealkylation sites (N-methyl/N-ethyl adjacent to an activating group) is 1. The molecular formula is C22H28N2O2S. The summed E-state index contributed by atoms with van der Waals surface area (Å²) in [4.78, 5) is 28.0. The lowest BCUT2D eigenvalue weighted by Gasteiger charge is -2.28. The number of carbonyl (C=O) groups excluding carboxylic acids is 2. The van der Waals surface area contributed by atoms with Crippen molar-refractivity contribution in [2.45, 2.75) is 44.7 Å². The Kier molecular flexibility index (Phi) is 8.40. The Labute approximate surface area is 166 Å². The molecule has 0 saturated carbocycles. The first-order chi connectivity index (χ1) is 13.0. The van der Waals surface area contributed by atoms with Gasteiger partial charge >= 0.3 is 0 Å². The normalized spacial score (nSPS) is 11.7. The van der Waals surface area contributed by atoms with Crippen molar-refractivity contribution in [3.8, 4) is 0 Å². The van der Waals surface area contributed by atoms with Gasteiger partial charge < -0.3 is 10.2 Å². The highest BCUT2D eigenvalue weighted by Crippen LogP contribution is 2.20. The number of aryl methyl sites for hydroxylation is 1. The molecule has 0 aromatic heterocycles. The lowest BCUT2D eigenvalue weighted by molar-refractivity contribution is -0.140. The van der Waals surface area contributed by atoms with Gasteiger partial charge in [-0.1, -0.05) is 48.0 Å². The Balaban J connectivity index is 2.00. The largest absolute Gasteiger partial charge is 0.355 e. The van der Waals surface area contributed by atoms with Crippen LogP contribution in [0.1, 0.15) is 31.4 Å². The van der Waals surface area contributed by atoms with Crippen LogP contribution in [0.5, 0.6) is 0 Å². The third-order valence-corrected chi connectivity index (χ3v) is 5.33. The molecule has 0 fully saturated rings. The maximum atomic E-state index is 12.9. The van der Waals surface area contributed by atoms with Crippen LogP contribution in [-0.2, 0) is 16.1 Å². The van der Waals surface area contributed by atoms with Crippen LogP contribution in [0, 0.1) is 6.92 Å². The van der Waals surface area contributed by atoms with Gasteiger partial charge in [0.25, 0.3) is 0 Å². The summed E-state index contributed by atoms with van der Waals surface area (Å²) in [5.74, 6) is 0.570. The van der Waals surface area contributed by atoms with Gasteiger partial charge in [0.1, 0.15) is 6.04 Å². The highest BCUT2D eigenvalue weighted by Gasteiger charge is 2.25. The van der Waals surface area contributed by atoms with Gasteiger partial charge in [0.05, 0.1) is 0 Å². The van der Waals surface area contributed by atoms with Crippen molar-refractivity contribution in [1.29, 1.82) is 0 Å². The fraction of sp³-hybridized carbons (Fsp3) is 0.364. The Hall–Kier alpha value is -2.27. The molecule has 0 saturated heterocycles. The summed E-state index contributed by atoms with van der Waals surface area (Å²) in [5, 5.41) is 2.82. The molecule has 0 aliphatic rings. The van der Waals surface area contributed by atoms with Gasteiger partial charge in [0.15, 0.2) is 0 Å². The summed E-state index contributed by atoms with van der Waals surface area (Å²) in [7, 11) is 0. The van der Waals surface area contributed by atoms with E-state index in [1.807, 2.05) is 37.3 Å². The molecule has 2 amide bonds. The van der Waals surface area contributed by atoms with E-state index in [0.717, 1.165) is 10.5 Å². The third-order valence-electron chi connectivity index (χ3n) is 4.32. The van der Waals surface area contributed by atoms with Crippen molar-refractivity contribution < 1.29 is 9.59 Å². The van der Waals surface area contributed by atoms with Crippen LogP contribution in [-0.4, -0.2) is 35.1 Å². The van der Waals surface area contributed by atoms with Gasteiger partial charge in [-0.05, 0) is 38.5 Å². The molecular weight excluding hydrogens is 356 g/mol. The second-order valence-electron chi connectivity index (χ2n) is 6.49. The average Bonchev–Trinajstić information content (AvgIpc) is 2.68. The minimum Gasteiger partial charge on any atom is -0.355 e. The van der Waals surface area contributed by atoms with Crippen molar-refractivity contribution in [2.24, 2.45) is 0 Å². The van der Waals surface area contributed by atoms with Crippen molar-refractivity contribution in [3.63, 3.8) is 0 Å². The molecule has 0 aliphatic heterocycles. The monoisotopic (exact) mass is 384 g/mol. The van der Waals surface area contributed by atoms with Crippen molar-refractivity contribution in [3.05, 3.63) is 65.7 Å². The topological polar surface area (TPSA) is 49.4 Å². The quantitative estimate of drug-likeness (QED) is 0.664. The summed E-state index contributed by atoms with van der Waals surface area (Å²) in [6.07, 6.45) is 0.398. The minimum atomic E-state index is -0.498. The molecule has 0 radical (unpaired) electrons. The molecule has 2 rings (SSSR count). The number of nitrogens with zero attached hydrogens (tertiary/aromatic N) is 1. The number of thioether (sulfide) groups is 1. The van der Waals surface area contributed by atoms with Crippen molar-refractivity contribution >= 4 is 23.6 Å². The SMILES string of the molecule is CCNC(=O)[C@@H](C)N(Cc1ccccc1)C(=O)CCSc1ccc(C)cc1. The summed E-state index contributed by atoms with van der Waals surface area (Å²) in [6, 6.07) is 17.6. The third kappa shape index (κ3) is 6.75. The van der Waals surface area contributed by atoms with Gasteiger partial charge in [-0.2, -0.15) is 0 Å². The number of benzene rings is 2. The molecule has 144 valence electrons. The number of hydrogen-bond acceptors (Lipinski definition) is 3. The van der Waals surface area contributed by atoms with Crippen LogP contribution in [0.25, 0.3) is 0 Å². The van der Waals surface area contributed by atoms with Crippen LogP contribution in [0.4, 0.5) is 0 Å². The lowest BCUT2D eigenvalue weighted by Crippen LogP contribution is -2.47. The van der Waals surface area contributed by atoms with Gasteiger partial charge in [-0.25, -0.2) is 0 Å². The lowest BCUT2D eigenvalue weighted by atomic mass is 10.1. The fourth-order valence-corrected chi connectivity index (χ4v) is 3.56. The van der Waals surface area contributed by atoms with Gasteiger partial charge in [-0.15, -0.1) is 11.8 Å². The maximum Gasteiger partial charge on any atom is 0.242 e. The van der Waals surface area contributed by atoms with E-state index in [1.165, 1.54) is 5.56 Å². The zero-order chi connectivity index (χ0) is 19.6. The van der Waals surface area contributed by atoms with E-state index in [4.69, 9.17) is 0 Å². The minimum absolute atomic E-state index is 0.00258. The molecule has 0 aliphatic carbocycles. The molecule has 0 unspecified atom stereocenters. The van der Waals surface area contributed by atoms with Crippen LogP contribution < -0.4 is 5.32 Å². The number of nitrogens with one attached hydrogen (secondary N) is 1. The van der Waals surface area contributed by atoms with Crippen LogP contribution in [0.2, 0.25) is 0 Å². The molecule has 5 heteroatoms. The van der Waals surface area contributed by atoms with E-state index in [0.29, 0.717) is 25.3 Å². The van der Waals surface area contributed by atoms with E-state index in [2.05, 4.69) is 36.5 Å². The molecule has 1 atom stereocenters. The van der Waals surface area contributed by atoms with Crippen molar-refractivity contribution in [2.75, 3.05) is 12.3 Å². The Morgan fingerprint density at radius 3 is 2.37 bits per heavy atom. The van der Waals surface area contributed by atoms with Gasteiger partial charge in [0.2, 0.25) is 11.8 Å². The smallest absolute Gasteiger partial charge is 0.242 e. The number of carbonyl (C=O) groups is 2. The van der Waals surface area contributed by atoms with Crippen LogP contribution >= 0.6 is 11.8 Å². The van der Waals surface area contributed by atoms with Crippen molar-refractivity contribution in [1.82, 2.24) is 10.2 Å². The molecule has 1 N–H and O–H groups in total. The predicted molar refractivity (Wildman–Crippen MR) is 112 cm³/mol. The molecule has 2 aromatic carbocycles. The zero-order valence-electron chi connectivity index (χ0n) is 16.3. The standard InChI is InChI=1S/C22H28N2O2S/c1-4-23-22(26)18(3)24(16-19-8-6-5-7-9-19)21(25)14-15-27-20-12-10-17(2)11-13-20/h5-13,18H,4,14-16H2,1-3H3,(H,23,26)/t18-/m1/s1. The van der Waals surface area contributed by atoms with Crippen LogP contribution in [0.3, 0.4) is 0 Å². The zero-order valence-corrected chi connectivity index (χ0v) is 17.1. The van der Waals surface area contributed by atoms with Gasteiger partial charge in [0, 0.05) is 30.2 Å². The first-order valence-electron chi connectivity index (χ1n) is 9.31. The summed E-state index contributed by atoms with van der Waals surface area (Å²) in [6.45, 7) is 6.72. The number of hydrogen-bond donors (Lipinski definition) is 1. The first-order valence-corrected chi connectivity index (χ1v) is 10.3. The number of rotatable bonds is 9. The molecule has 4 nitrogen and oxygen atoms in total. The number of amides is 2. The second kappa shape index (κ2) is 10.8. The molecule has 0 heterocycles. The summed E-state index contributed by atoms with van der Waals surface area (Å²) >= 11 is 1.66. The maximum absolute atomic E-state index is 12.9. The average molecular weight is 385 g/mol. The highest BCUT2D eigenvalue weighted by atomic mass is 32.2. The Bertz CT molecular complexity index is 732. The summed E-state index contributed by atoms with van der Waals surface area (Å²) < 4.78 is 0. The van der Waals surface area contributed by atoms with Crippen LogP contribution in [0.15, 0.2) is 59.5 Å². The van der Waals surface area contributed by atoms with E-state index in [1.54, 1.807) is 23.6 Å². The Morgan fingerprint density at radius 1 is 1.07 bits per heavy atom. The predicted octanol–water partition coefficient (Wildman–Crippen LogP) is 4.03. The van der Waals surface area contributed by atoms with Gasteiger partial charge in [-0.3, -0.25) is 9.59 Å². The molecule has 0 spiro atoms. The van der Waals surface area contributed by atoms with E-state index >= 15 is 0 Å². The second-order valence-corrected chi connectivity index (χ2v) is 7.66. The van der Waals surface area contributed by atoms with E-state index in [9.17, 15) is 9.59 Å². The first kappa shape index (κ1) is 21.0. The molecule has 2 aromatic rings. The highest BCUT2D eigenvalue weighted by molar-refractivity contribution is 7.99. The summed E-state index contributed by atoms with van der Waals surface area (Å²) in [5.41, 5.74) is 2.24. The molecule has 0 bridgehead atoms. The van der Waals surface area contributed by atoms with E-state index in [-0.39, 0.29) is 11.8 Å². The Morgan fingerprint density at radius 2 is 1.74 bits per heavy atom.